The molecule has 0 heterocycles. The van der Waals surface area contributed by atoms with E-state index in [1.165, 1.54) is 0 Å². The van der Waals surface area contributed by atoms with Gasteiger partial charge in [0.15, 0.2) is 0 Å². The molecule has 0 aliphatic carbocycles. The molecular formula is C8H17N. The lowest BCUT2D eigenvalue weighted by molar-refractivity contribution is 0.293. The lowest BCUT2D eigenvalue weighted by Crippen LogP contribution is -2.23. The van der Waals surface area contributed by atoms with Crippen LogP contribution in [-0.4, -0.2) is 12.8 Å². The minimum Gasteiger partial charge on any atom is -0.297 e. The van der Waals surface area contributed by atoms with Crippen molar-refractivity contribution in [3.63, 3.8) is 0 Å². The van der Waals surface area contributed by atoms with Crippen LogP contribution in [-0.2, 0) is 0 Å². The summed E-state index contributed by atoms with van der Waals surface area (Å²) in [4.78, 5) is 3.98. The SMILES string of the molecule is C=NC(C)C(C)(C)CC. The van der Waals surface area contributed by atoms with E-state index in [1.54, 1.807) is 0 Å². The topological polar surface area (TPSA) is 12.4 Å². The Hall–Kier alpha value is -0.330. The van der Waals surface area contributed by atoms with Gasteiger partial charge in [-0.15, -0.1) is 0 Å². The van der Waals surface area contributed by atoms with Gasteiger partial charge in [-0.1, -0.05) is 20.8 Å². The summed E-state index contributed by atoms with van der Waals surface area (Å²) in [6.07, 6.45) is 1.16. The molecule has 0 bridgehead atoms. The quantitative estimate of drug-likeness (QED) is 0.516. The Bertz CT molecular complexity index is 94.7. The van der Waals surface area contributed by atoms with E-state index in [0.29, 0.717) is 11.5 Å². The van der Waals surface area contributed by atoms with Crippen LogP contribution in [0.15, 0.2) is 4.99 Å². The largest absolute Gasteiger partial charge is 0.297 e. The summed E-state index contributed by atoms with van der Waals surface area (Å²) in [7, 11) is 0. The first-order valence-corrected chi connectivity index (χ1v) is 3.50. The molecular weight excluding hydrogens is 110 g/mol. The van der Waals surface area contributed by atoms with Crippen LogP contribution in [0.3, 0.4) is 0 Å². The minimum absolute atomic E-state index is 0.321. The molecule has 0 aromatic carbocycles. The van der Waals surface area contributed by atoms with Gasteiger partial charge in [0, 0.05) is 0 Å². The molecule has 0 aliphatic rings. The van der Waals surface area contributed by atoms with Gasteiger partial charge in [0.2, 0.25) is 0 Å². The molecule has 0 saturated heterocycles. The molecule has 0 saturated carbocycles. The van der Waals surface area contributed by atoms with Crippen molar-refractivity contribution in [2.24, 2.45) is 10.4 Å². The highest BCUT2D eigenvalue weighted by Gasteiger charge is 2.21. The van der Waals surface area contributed by atoms with Gasteiger partial charge in [0.1, 0.15) is 0 Å². The van der Waals surface area contributed by atoms with Crippen LogP contribution in [0.5, 0.6) is 0 Å². The highest BCUT2D eigenvalue weighted by molar-refractivity contribution is 5.24. The Kier molecular flexibility index (Phi) is 2.89. The molecule has 1 heteroatoms. The van der Waals surface area contributed by atoms with Gasteiger partial charge in [0.05, 0.1) is 6.04 Å². The Labute approximate surface area is 58.2 Å². The van der Waals surface area contributed by atoms with Gasteiger partial charge >= 0.3 is 0 Å². The zero-order valence-corrected chi connectivity index (χ0v) is 6.94. The van der Waals surface area contributed by atoms with Crippen LogP contribution in [0.2, 0.25) is 0 Å². The van der Waals surface area contributed by atoms with Crippen LogP contribution in [0.25, 0.3) is 0 Å². The maximum absolute atomic E-state index is 3.98. The molecule has 1 atom stereocenters. The summed E-state index contributed by atoms with van der Waals surface area (Å²) in [5.74, 6) is 0. The number of aliphatic imine (C=N–C) groups is 1. The highest BCUT2D eigenvalue weighted by Crippen LogP contribution is 2.26. The monoisotopic (exact) mass is 127 g/mol. The third-order valence-electron chi connectivity index (χ3n) is 2.32. The van der Waals surface area contributed by atoms with E-state index >= 15 is 0 Å². The van der Waals surface area contributed by atoms with E-state index in [2.05, 4.69) is 39.4 Å². The van der Waals surface area contributed by atoms with Gasteiger partial charge in [-0.25, -0.2) is 0 Å². The predicted molar refractivity (Wildman–Crippen MR) is 43.1 cm³/mol. The van der Waals surface area contributed by atoms with Crippen molar-refractivity contribution < 1.29 is 0 Å². The fourth-order valence-corrected chi connectivity index (χ4v) is 0.543. The number of rotatable bonds is 3. The van der Waals surface area contributed by atoms with E-state index < -0.39 is 0 Å². The summed E-state index contributed by atoms with van der Waals surface area (Å²) in [6, 6.07) is 0.377. The second kappa shape index (κ2) is 3.00. The molecule has 54 valence electrons. The number of hydrogen-bond acceptors (Lipinski definition) is 1. The summed E-state index contributed by atoms with van der Waals surface area (Å²) in [5, 5.41) is 0. The molecule has 0 aromatic heterocycles. The standard InChI is InChI=1S/C8H17N/c1-6-8(3,4)7(2)9-5/h7H,5-6H2,1-4H3. The molecule has 9 heavy (non-hydrogen) atoms. The van der Waals surface area contributed by atoms with Crippen molar-refractivity contribution >= 4 is 6.72 Å². The summed E-state index contributed by atoms with van der Waals surface area (Å²) in [5.41, 5.74) is 0.321. The first-order valence-electron chi connectivity index (χ1n) is 3.50. The molecule has 0 radical (unpaired) electrons. The lowest BCUT2D eigenvalue weighted by Gasteiger charge is -2.26. The van der Waals surface area contributed by atoms with Crippen LogP contribution in [0.1, 0.15) is 34.1 Å². The van der Waals surface area contributed by atoms with Crippen molar-refractivity contribution in [1.29, 1.82) is 0 Å². The number of hydrogen-bond donors (Lipinski definition) is 0. The summed E-state index contributed by atoms with van der Waals surface area (Å²) < 4.78 is 0. The molecule has 0 spiro atoms. The maximum Gasteiger partial charge on any atom is 0.0515 e. The second-order valence-electron chi connectivity index (χ2n) is 3.20. The van der Waals surface area contributed by atoms with Crippen molar-refractivity contribution in [3.8, 4) is 0 Å². The molecule has 0 aliphatic heterocycles. The van der Waals surface area contributed by atoms with E-state index in [9.17, 15) is 0 Å². The lowest BCUT2D eigenvalue weighted by atomic mass is 9.83. The van der Waals surface area contributed by atoms with E-state index in [4.69, 9.17) is 0 Å². The normalized spacial score (nSPS) is 15.1. The molecule has 1 nitrogen and oxygen atoms in total. The Balaban J connectivity index is 3.95. The Morgan fingerprint density at radius 2 is 2.00 bits per heavy atom. The minimum atomic E-state index is 0.321. The van der Waals surface area contributed by atoms with Crippen molar-refractivity contribution in [1.82, 2.24) is 0 Å². The van der Waals surface area contributed by atoms with Gasteiger partial charge in [-0.2, -0.15) is 0 Å². The predicted octanol–water partition coefficient (Wildman–Crippen LogP) is 2.51. The Morgan fingerprint density at radius 1 is 1.56 bits per heavy atom. The molecule has 1 unspecified atom stereocenters. The summed E-state index contributed by atoms with van der Waals surface area (Å²) in [6.45, 7) is 12.2. The maximum atomic E-state index is 3.98. The zero-order chi connectivity index (χ0) is 7.49. The molecule has 0 rings (SSSR count). The smallest absolute Gasteiger partial charge is 0.0515 e. The van der Waals surface area contributed by atoms with Crippen molar-refractivity contribution in [2.45, 2.75) is 40.2 Å². The first kappa shape index (κ1) is 8.67. The van der Waals surface area contributed by atoms with E-state index in [-0.39, 0.29) is 0 Å². The van der Waals surface area contributed by atoms with Crippen molar-refractivity contribution in [3.05, 3.63) is 0 Å². The summed E-state index contributed by atoms with van der Waals surface area (Å²) >= 11 is 0. The van der Waals surface area contributed by atoms with Gasteiger partial charge < -0.3 is 0 Å². The van der Waals surface area contributed by atoms with Crippen LogP contribution in [0.4, 0.5) is 0 Å². The zero-order valence-electron chi connectivity index (χ0n) is 6.94. The van der Waals surface area contributed by atoms with Crippen molar-refractivity contribution in [2.75, 3.05) is 0 Å². The Morgan fingerprint density at radius 3 is 2.11 bits per heavy atom. The van der Waals surface area contributed by atoms with Gasteiger partial charge in [-0.05, 0) is 25.5 Å². The molecule has 0 aromatic rings. The number of nitrogens with zero attached hydrogens (tertiary/aromatic N) is 1. The van der Waals surface area contributed by atoms with Crippen LogP contribution in [0, 0.1) is 5.41 Å². The fraction of sp³-hybridized carbons (Fsp3) is 0.875. The second-order valence-corrected chi connectivity index (χ2v) is 3.20. The third-order valence-corrected chi connectivity index (χ3v) is 2.32. The van der Waals surface area contributed by atoms with Gasteiger partial charge in [-0.3, -0.25) is 4.99 Å². The highest BCUT2D eigenvalue weighted by atomic mass is 14.8. The molecule has 0 N–H and O–H groups in total. The van der Waals surface area contributed by atoms with E-state index in [0.717, 1.165) is 6.42 Å². The van der Waals surface area contributed by atoms with Gasteiger partial charge in [0.25, 0.3) is 0 Å². The average molecular weight is 127 g/mol. The molecule has 0 amide bonds. The van der Waals surface area contributed by atoms with Crippen LogP contribution >= 0.6 is 0 Å². The average Bonchev–Trinajstić information content (AvgIpc) is 1.86. The third kappa shape index (κ3) is 2.17. The van der Waals surface area contributed by atoms with Crippen LogP contribution < -0.4 is 0 Å². The molecule has 0 fully saturated rings. The first-order chi connectivity index (χ1) is 4.04. The fourth-order valence-electron chi connectivity index (χ4n) is 0.543. The van der Waals surface area contributed by atoms with E-state index in [1.807, 2.05) is 0 Å².